The van der Waals surface area contributed by atoms with Crippen LogP contribution in [0.1, 0.15) is 5.56 Å². The molecule has 5 nitrogen and oxygen atoms in total. The van der Waals surface area contributed by atoms with Crippen molar-refractivity contribution in [1.82, 2.24) is 5.32 Å². The summed E-state index contributed by atoms with van der Waals surface area (Å²) in [5.74, 6) is 2.46. The highest BCUT2D eigenvalue weighted by molar-refractivity contribution is 5.73. The maximum absolute atomic E-state index is 6.00. The standard InChI is InChI=1S/C20H25NO4/c1-15-3-5-18(23-10-8-21-7-9-22-2)17(13-15)16-4-6-19-20(14-16)25-12-11-24-19/h3-6,13-14,21H,7-12H2,1-2H3. The van der Waals surface area contributed by atoms with E-state index in [1.165, 1.54) is 5.56 Å². The fourth-order valence-corrected chi connectivity index (χ4v) is 2.74. The Kier molecular flexibility index (Phi) is 6.14. The number of fused-ring (bicyclic) bond motifs is 1. The lowest BCUT2D eigenvalue weighted by Gasteiger charge is -2.20. The fraction of sp³-hybridized carbons (Fsp3) is 0.400. The molecule has 0 spiro atoms. The van der Waals surface area contributed by atoms with Crippen LogP contribution in [-0.2, 0) is 4.74 Å². The normalized spacial score (nSPS) is 12.9. The molecule has 0 atom stereocenters. The second kappa shape index (κ2) is 8.74. The highest BCUT2D eigenvalue weighted by Gasteiger charge is 2.14. The molecule has 0 radical (unpaired) electrons. The number of hydrogen-bond donors (Lipinski definition) is 1. The van der Waals surface area contributed by atoms with Gasteiger partial charge in [0.1, 0.15) is 25.6 Å². The van der Waals surface area contributed by atoms with Gasteiger partial charge in [-0.25, -0.2) is 0 Å². The average Bonchev–Trinajstić information content (AvgIpc) is 2.65. The predicted molar refractivity (Wildman–Crippen MR) is 97.8 cm³/mol. The van der Waals surface area contributed by atoms with Crippen molar-refractivity contribution in [3.05, 3.63) is 42.0 Å². The molecule has 25 heavy (non-hydrogen) atoms. The van der Waals surface area contributed by atoms with Gasteiger partial charge in [-0.3, -0.25) is 0 Å². The third-order valence-corrected chi connectivity index (χ3v) is 4.01. The quantitative estimate of drug-likeness (QED) is 0.747. The maximum atomic E-state index is 6.00. The Balaban J connectivity index is 1.73. The lowest BCUT2D eigenvalue weighted by Crippen LogP contribution is -2.24. The number of methoxy groups -OCH3 is 1. The van der Waals surface area contributed by atoms with Crippen molar-refractivity contribution >= 4 is 0 Å². The van der Waals surface area contributed by atoms with Crippen LogP contribution in [0.15, 0.2) is 36.4 Å². The Labute approximate surface area is 148 Å². The number of rotatable bonds is 8. The molecule has 1 heterocycles. The lowest BCUT2D eigenvalue weighted by atomic mass is 10.0. The molecular formula is C20H25NO4. The van der Waals surface area contributed by atoms with Gasteiger partial charge in [0.25, 0.3) is 0 Å². The van der Waals surface area contributed by atoms with E-state index >= 15 is 0 Å². The van der Waals surface area contributed by atoms with Gasteiger partial charge in [0.15, 0.2) is 11.5 Å². The van der Waals surface area contributed by atoms with Crippen molar-refractivity contribution in [2.45, 2.75) is 6.92 Å². The van der Waals surface area contributed by atoms with Gasteiger partial charge in [-0.05, 0) is 36.8 Å². The molecule has 3 rings (SSSR count). The predicted octanol–water partition coefficient (Wildman–Crippen LogP) is 3.05. The molecule has 0 amide bonds. The zero-order valence-electron chi connectivity index (χ0n) is 14.8. The highest BCUT2D eigenvalue weighted by atomic mass is 16.6. The van der Waals surface area contributed by atoms with Gasteiger partial charge in [0, 0.05) is 25.8 Å². The minimum absolute atomic E-state index is 0.584. The maximum Gasteiger partial charge on any atom is 0.161 e. The second-order valence-electron chi connectivity index (χ2n) is 5.95. The molecule has 0 fully saturated rings. The fourth-order valence-electron chi connectivity index (χ4n) is 2.74. The first-order valence-corrected chi connectivity index (χ1v) is 8.61. The summed E-state index contributed by atoms with van der Waals surface area (Å²) < 4.78 is 22.3. The van der Waals surface area contributed by atoms with E-state index < -0.39 is 0 Å². The van der Waals surface area contributed by atoms with Crippen molar-refractivity contribution in [3.63, 3.8) is 0 Å². The first kappa shape index (κ1) is 17.6. The molecule has 0 saturated carbocycles. The summed E-state index contributed by atoms with van der Waals surface area (Å²) in [7, 11) is 1.70. The zero-order valence-corrected chi connectivity index (χ0v) is 14.8. The third-order valence-electron chi connectivity index (χ3n) is 4.01. The second-order valence-corrected chi connectivity index (χ2v) is 5.95. The van der Waals surface area contributed by atoms with Crippen LogP contribution in [0.25, 0.3) is 11.1 Å². The van der Waals surface area contributed by atoms with E-state index in [0.717, 1.165) is 41.5 Å². The van der Waals surface area contributed by atoms with Crippen molar-refractivity contribution in [2.75, 3.05) is 46.6 Å². The van der Waals surface area contributed by atoms with E-state index in [4.69, 9.17) is 18.9 Å². The number of hydrogen-bond acceptors (Lipinski definition) is 5. The molecule has 134 valence electrons. The van der Waals surface area contributed by atoms with E-state index in [1.54, 1.807) is 7.11 Å². The molecule has 0 aliphatic carbocycles. The largest absolute Gasteiger partial charge is 0.492 e. The Bertz CT molecular complexity index is 702. The Morgan fingerprint density at radius 3 is 2.60 bits per heavy atom. The van der Waals surface area contributed by atoms with Gasteiger partial charge in [0.2, 0.25) is 0 Å². The van der Waals surface area contributed by atoms with Crippen molar-refractivity contribution in [3.8, 4) is 28.4 Å². The van der Waals surface area contributed by atoms with Gasteiger partial charge in [-0.15, -0.1) is 0 Å². The lowest BCUT2D eigenvalue weighted by molar-refractivity contribution is 0.171. The molecule has 0 bridgehead atoms. The summed E-state index contributed by atoms with van der Waals surface area (Å²) >= 11 is 0. The van der Waals surface area contributed by atoms with Crippen molar-refractivity contribution < 1.29 is 18.9 Å². The molecule has 0 saturated heterocycles. The van der Waals surface area contributed by atoms with E-state index in [9.17, 15) is 0 Å². The molecule has 0 unspecified atom stereocenters. The average molecular weight is 343 g/mol. The SMILES string of the molecule is COCCNCCOc1ccc(C)cc1-c1ccc2c(c1)OCCO2. The number of aryl methyl sites for hydroxylation is 1. The molecule has 2 aromatic carbocycles. The number of benzene rings is 2. The van der Waals surface area contributed by atoms with Crippen LogP contribution in [0.2, 0.25) is 0 Å². The Morgan fingerprint density at radius 1 is 0.960 bits per heavy atom. The van der Waals surface area contributed by atoms with Gasteiger partial charge in [-0.2, -0.15) is 0 Å². The molecule has 1 aliphatic rings. The van der Waals surface area contributed by atoms with Crippen LogP contribution in [0.5, 0.6) is 17.2 Å². The first-order valence-electron chi connectivity index (χ1n) is 8.61. The first-order chi connectivity index (χ1) is 12.3. The van der Waals surface area contributed by atoms with E-state index in [1.807, 2.05) is 24.3 Å². The number of nitrogens with one attached hydrogen (secondary N) is 1. The smallest absolute Gasteiger partial charge is 0.161 e. The van der Waals surface area contributed by atoms with Crippen LogP contribution in [0.4, 0.5) is 0 Å². The molecular weight excluding hydrogens is 318 g/mol. The summed E-state index contributed by atoms with van der Waals surface area (Å²) in [5, 5.41) is 3.28. The van der Waals surface area contributed by atoms with Gasteiger partial charge >= 0.3 is 0 Å². The third kappa shape index (κ3) is 4.65. The van der Waals surface area contributed by atoms with Crippen molar-refractivity contribution in [1.29, 1.82) is 0 Å². The Morgan fingerprint density at radius 2 is 1.76 bits per heavy atom. The highest BCUT2D eigenvalue weighted by Crippen LogP contribution is 2.38. The van der Waals surface area contributed by atoms with Crippen LogP contribution in [0, 0.1) is 6.92 Å². The van der Waals surface area contributed by atoms with Crippen molar-refractivity contribution in [2.24, 2.45) is 0 Å². The van der Waals surface area contributed by atoms with Crippen LogP contribution in [-0.4, -0.2) is 46.6 Å². The molecule has 1 aliphatic heterocycles. The summed E-state index contributed by atoms with van der Waals surface area (Å²) in [4.78, 5) is 0. The van der Waals surface area contributed by atoms with E-state index in [2.05, 4.69) is 24.4 Å². The molecule has 0 aromatic heterocycles. The van der Waals surface area contributed by atoms with Crippen LogP contribution in [0.3, 0.4) is 0 Å². The van der Waals surface area contributed by atoms with Crippen LogP contribution < -0.4 is 19.5 Å². The summed E-state index contributed by atoms with van der Waals surface area (Å²) in [6, 6.07) is 12.3. The van der Waals surface area contributed by atoms with E-state index in [-0.39, 0.29) is 0 Å². The summed E-state index contributed by atoms with van der Waals surface area (Å²) in [6.45, 7) is 6.16. The summed E-state index contributed by atoms with van der Waals surface area (Å²) in [6.07, 6.45) is 0. The van der Waals surface area contributed by atoms with Gasteiger partial charge in [-0.1, -0.05) is 17.7 Å². The Hall–Kier alpha value is -2.24. The summed E-state index contributed by atoms with van der Waals surface area (Å²) in [5.41, 5.74) is 3.32. The molecule has 2 aromatic rings. The monoisotopic (exact) mass is 343 g/mol. The zero-order chi connectivity index (χ0) is 17.5. The minimum atomic E-state index is 0.584. The minimum Gasteiger partial charge on any atom is -0.492 e. The van der Waals surface area contributed by atoms with Gasteiger partial charge < -0.3 is 24.3 Å². The topological polar surface area (TPSA) is 49.0 Å². The van der Waals surface area contributed by atoms with E-state index in [0.29, 0.717) is 26.4 Å². The van der Waals surface area contributed by atoms with Crippen LogP contribution >= 0.6 is 0 Å². The van der Waals surface area contributed by atoms with Gasteiger partial charge in [0.05, 0.1) is 6.61 Å². The molecule has 5 heteroatoms. The number of ether oxygens (including phenoxy) is 4. The molecule has 1 N–H and O–H groups in total.